The van der Waals surface area contributed by atoms with Crippen molar-refractivity contribution in [1.29, 1.82) is 0 Å². The van der Waals surface area contributed by atoms with E-state index in [4.69, 9.17) is 0 Å². The van der Waals surface area contributed by atoms with E-state index >= 15 is 0 Å². The minimum atomic E-state index is -0.191. The average molecular weight is 296 g/mol. The molecule has 0 radical (unpaired) electrons. The molecule has 0 spiro atoms. The zero-order valence-corrected chi connectivity index (χ0v) is 12.7. The Hall–Kier alpha value is -2.43. The van der Waals surface area contributed by atoms with Gasteiger partial charge in [0.05, 0.1) is 0 Å². The molecule has 1 N–H and O–H groups in total. The van der Waals surface area contributed by atoms with Gasteiger partial charge in [-0.2, -0.15) is 0 Å². The second kappa shape index (κ2) is 6.56. The van der Waals surface area contributed by atoms with Crippen LogP contribution in [0.3, 0.4) is 0 Å². The Morgan fingerprint density at radius 1 is 1.23 bits per heavy atom. The highest BCUT2D eigenvalue weighted by atomic mass is 16.1. The SMILES string of the molecule is CCc1ccccc1NC(=O)c1cc(N2CCCC2)ncn1. The van der Waals surface area contributed by atoms with E-state index in [0.29, 0.717) is 5.69 Å². The number of nitrogens with zero attached hydrogens (tertiary/aromatic N) is 3. The van der Waals surface area contributed by atoms with Gasteiger partial charge in [0.2, 0.25) is 0 Å². The lowest BCUT2D eigenvalue weighted by molar-refractivity contribution is 0.102. The molecule has 1 aromatic heterocycles. The number of aryl methyl sites for hydroxylation is 1. The number of para-hydroxylation sites is 1. The molecule has 114 valence electrons. The Labute approximate surface area is 130 Å². The summed E-state index contributed by atoms with van der Waals surface area (Å²) in [4.78, 5) is 23.0. The van der Waals surface area contributed by atoms with Crippen LogP contribution in [0.25, 0.3) is 0 Å². The van der Waals surface area contributed by atoms with Crippen LogP contribution in [0.4, 0.5) is 11.5 Å². The Bertz CT molecular complexity index is 665. The summed E-state index contributed by atoms with van der Waals surface area (Å²) >= 11 is 0. The predicted molar refractivity (Wildman–Crippen MR) is 87.3 cm³/mol. The summed E-state index contributed by atoms with van der Waals surface area (Å²) < 4.78 is 0. The molecule has 1 fully saturated rings. The summed E-state index contributed by atoms with van der Waals surface area (Å²) in [5.74, 6) is 0.644. The lowest BCUT2D eigenvalue weighted by atomic mass is 10.1. The number of carbonyl (C=O) groups is 1. The van der Waals surface area contributed by atoms with Crippen LogP contribution in [-0.4, -0.2) is 29.0 Å². The summed E-state index contributed by atoms with van der Waals surface area (Å²) in [5.41, 5.74) is 2.36. The lowest BCUT2D eigenvalue weighted by Gasteiger charge is -2.16. The molecule has 0 atom stereocenters. The molecule has 2 heterocycles. The largest absolute Gasteiger partial charge is 0.357 e. The van der Waals surface area contributed by atoms with Crippen molar-refractivity contribution in [3.63, 3.8) is 0 Å². The number of carbonyl (C=O) groups excluding carboxylic acids is 1. The van der Waals surface area contributed by atoms with Crippen molar-refractivity contribution in [1.82, 2.24) is 9.97 Å². The van der Waals surface area contributed by atoms with Gasteiger partial charge in [0, 0.05) is 24.8 Å². The monoisotopic (exact) mass is 296 g/mol. The van der Waals surface area contributed by atoms with Crippen molar-refractivity contribution in [3.05, 3.63) is 47.9 Å². The molecule has 2 aromatic rings. The van der Waals surface area contributed by atoms with Gasteiger partial charge in [-0.05, 0) is 30.9 Å². The zero-order valence-electron chi connectivity index (χ0n) is 12.7. The number of nitrogens with one attached hydrogen (secondary N) is 1. The van der Waals surface area contributed by atoms with E-state index < -0.39 is 0 Å². The molecule has 1 aliphatic heterocycles. The zero-order chi connectivity index (χ0) is 15.4. The average Bonchev–Trinajstić information content (AvgIpc) is 3.10. The molecule has 0 saturated carbocycles. The topological polar surface area (TPSA) is 58.1 Å². The molecule has 0 bridgehead atoms. The Morgan fingerprint density at radius 3 is 2.77 bits per heavy atom. The minimum absolute atomic E-state index is 0.191. The molecule has 1 amide bonds. The van der Waals surface area contributed by atoms with E-state index in [1.807, 2.05) is 24.3 Å². The van der Waals surface area contributed by atoms with Gasteiger partial charge in [-0.25, -0.2) is 9.97 Å². The van der Waals surface area contributed by atoms with Crippen LogP contribution in [0.2, 0.25) is 0 Å². The molecule has 1 saturated heterocycles. The maximum Gasteiger partial charge on any atom is 0.274 e. The quantitative estimate of drug-likeness (QED) is 0.942. The van der Waals surface area contributed by atoms with Gasteiger partial charge in [-0.3, -0.25) is 4.79 Å². The number of anilines is 2. The number of benzene rings is 1. The summed E-state index contributed by atoms with van der Waals surface area (Å²) in [6.07, 6.45) is 4.69. The fourth-order valence-corrected chi connectivity index (χ4v) is 2.73. The smallest absolute Gasteiger partial charge is 0.274 e. The van der Waals surface area contributed by atoms with Crippen molar-refractivity contribution < 1.29 is 4.79 Å². The first-order valence-corrected chi connectivity index (χ1v) is 7.74. The second-order valence-electron chi connectivity index (χ2n) is 5.42. The molecule has 5 heteroatoms. The third kappa shape index (κ3) is 3.08. The number of amides is 1. The molecule has 3 rings (SSSR count). The van der Waals surface area contributed by atoms with Crippen LogP contribution in [0.1, 0.15) is 35.8 Å². The summed E-state index contributed by atoms with van der Waals surface area (Å²) in [5, 5.41) is 2.95. The third-order valence-electron chi connectivity index (χ3n) is 3.96. The number of rotatable bonds is 4. The molecule has 1 aromatic carbocycles. The van der Waals surface area contributed by atoms with Gasteiger partial charge in [-0.1, -0.05) is 25.1 Å². The highest BCUT2D eigenvalue weighted by Gasteiger charge is 2.16. The van der Waals surface area contributed by atoms with Gasteiger partial charge in [0.15, 0.2) is 0 Å². The summed E-state index contributed by atoms with van der Waals surface area (Å²) in [6, 6.07) is 9.61. The lowest BCUT2D eigenvalue weighted by Crippen LogP contribution is -2.21. The van der Waals surface area contributed by atoms with E-state index in [1.54, 1.807) is 6.07 Å². The van der Waals surface area contributed by atoms with Crippen LogP contribution < -0.4 is 10.2 Å². The number of aromatic nitrogens is 2. The first-order valence-electron chi connectivity index (χ1n) is 7.74. The van der Waals surface area contributed by atoms with Crippen LogP contribution in [0, 0.1) is 0 Å². The fraction of sp³-hybridized carbons (Fsp3) is 0.353. The van der Waals surface area contributed by atoms with Crippen molar-refractivity contribution in [2.45, 2.75) is 26.2 Å². The van der Waals surface area contributed by atoms with Crippen molar-refractivity contribution in [2.75, 3.05) is 23.3 Å². The molecule has 1 aliphatic rings. The Kier molecular flexibility index (Phi) is 4.32. The van der Waals surface area contributed by atoms with Crippen molar-refractivity contribution in [3.8, 4) is 0 Å². The Balaban J connectivity index is 1.78. The van der Waals surface area contributed by atoms with Gasteiger partial charge < -0.3 is 10.2 Å². The standard InChI is InChI=1S/C17H20N4O/c1-2-13-7-3-4-8-14(13)20-17(22)15-11-16(19-12-18-15)21-9-5-6-10-21/h3-4,7-8,11-12H,2,5-6,9-10H2,1H3,(H,20,22). The highest BCUT2D eigenvalue weighted by Crippen LogP contribution is 2.19. The number of hydrogen-bond donors (Lipinski definition) is 1. The number of hydrogen-bond acceptors (Lipinski definition) is 4. The Morgan fingerprint density at radius 2 is 2.00 bits per heavy atom. The predicted octanol–water partition coefficient (Wildman–Crippen LogP) is 2.89. The third-order valence-corrected chi connectivity index (χ3v) is 3.96. The normalized spacial score (nSPS) is 14.1. The van der Waals surface area contributed by atoms with E-state index in [-0.39, 0.29) is 5.91 Å². The molecule has 5 nitrogen and oxygen atoms in total. The van der Waals surface area contributed by atoms with Gasteiger partial charge >= 0.3 is 0 Å². The van der Waals surface area contributed by atoms with E-state index in [9.17, 15) is 4.79 Å². The highest BCUT2D eigenvalue weighted by molar-refractivity contribution is 6.03. The van der Waals surface area contributed by atoms with Gasteiger partial charge in [0.1, 0.15) is 17.8 Å². The van der Waals surface area contributed by atoms with Gasteiger partial charge in [0.25, 0.3) is 5.91 Å². The summed E-state index contributed by atoms with van der Waals surface area (Å²) in [7, 11) is 0. The molecule has 0 aliphatic carbocycles. The molecular formula is C17H20N4O. The van der Waals surface area contributed by atoms with Crippen LogP contribution in [0.5, 0.6) is 0 Å². The fourth-order valence-electron chi connectivity index (χ4n) is 2.73. The van der Waals surface area contributed by atoms with Gasteiger partial charge in [-0.15, -0.1) is 0 Å². The molecule has 22 heavy (non-hydrogen) atoms. The van der Waals surface area contributed by atoms with E-state index in [1.165, 1.54) is 19.2 Å². The molecule has 0 unspecified atom stereocenters. The first-order chi connectivity index (χ1) is 10.8. The second-order valence-corrected chi connectivity index (χ2v) is 5.42. The van der Waals surface area contributed by atoms with Crippen molar-refractivity contribution >= 4 is 17.4 Å². The minimum Gasteiger partial charge on any atom is -0.357 e. The summed E-state index contributed by atoms with van der Waals surface area (Å²) in [6.45, 7) is 4.06. The van der Waals surface area contributed by atoms with E-state index in [0.717, 1.165) is 36.6 Å². The van der Waals surface area contributed by atoms with Crippen LogP contribution in [0.15, 0.2) is 36.7 Å². The maximum atomic E-state index is 12.4. The molecular weight excluding hydrogens is 276 g/mol. The first kappa shape index (κ1) is 14.5. The van der Waals surface area contributed by atoms with Crippen LogP contribution in [-0.2, 0) is 6.42 Å². The van der Waals surface area contributed by atoms with Crippen LogP contribution >= 0.6 is 0 Å². The van der Waals surface area contributed by atoms with Crippen molar-refractivity contribution in [2.24, 2.45) is 0 Å². The maximum absolute atomic E-state index is 12.4. The van der Waals surface area contributed by atoms with E-state index in [2.05, 4.69) is 27.1 Å².